The van der Waals surface area contributed by atoms with Crippen molar-refractivity contribution in [2.45, 2.75) is 36.6 Å². The van der Waals surface area contributed by atoms with E-state index in [0.717, 1.165) is 25.7 Å². The Morgan fingerprint density at radius 2 is 1.85 bits per heavy atom. The van der Waals surface area contributed by atoms with Crippen LogP contribution >= 0.6 is 23.8 Å². The minimum atomic E-state index is -3.59. The summed E-state index contributed by atoms with van der Waals surface area (Å²) >= 11 is 10.7. The maximum atomic E-state index is 12.7. The molecule has 1 fully saturated rings. The van der Waals surface area contributed by atoms with Crippen LogP contribution in [0.4, 0.5) is 0 Å². The third kappa shape index (κ3) is 3.49. The first-order valence-electron chi connectivity index (χ1n) is 6.47. The van der Waals surface area contributed by atoms with Crippen molar-refractivity contribution in [3.05, 3.63) is 29.3 Å². The van der Waals surface area contributed by atoms with E-state index in [9.17, 15) is 8.42 Å². The van der Waals surface area contributed by atoms with Crippen LogP contribution in [-0.2, 0) is 10.0 Å². The summed E-state index contributed by atoms with van der Waals surface area (Å²) in [5.41, 5.74) is 5.56. The second-order valence-electron chi connectivity index (χ2n) is 4.91. The fraction of sp³-hybridized carbons (Fsp3) is 0.462. The number of hydrogen-bond donors (Lipinski definition) is 1. The van der Waals surface area contributed by atoms with E-state index in [-0.39, 0.29) is 22.5 Å². The molecule has 0 radical (unpaired) electrons. The Balaban J connectivity index is 2.34. The molecule has 110 valence electrons. The van der Waals surface area contributed by atoms with Crippen molar-refractivity contribution in [2.24, 2.45) is 5.73 Å². The predicted octanol–water partition coefficient (Wildman–Crippen LogP) is 2.56. The standard InChI is InChI=1S/C13H17ClN2O2S2/c14-10-5-7-12(8-6-10)20(17,18)16(9-13(15)19)11-3-1-2-4-11/h5-8,11H,1-4,9H2,(H2,15,19). The zero-order chi connectivity index (χ0) is 14.8. The third-order valence-electron chi connectivity index (χ3n) is 3.46. The first-order valence-corrected chi connectivity index (χ1v) is 8.69. The van der Waals surface area contributed by atoms with Gasteiger partial charge in [-0.25, -0.2) is 8.42 Å². The van der Waals surface area contributed by atoms with E-state index in [2.05, 4.69) is 0 Å². The van der Waals surface area contributed by atoms with E-state index in [0.29, 0.717) is 5.02 Å². The Morgan fingerprint density at radius 3 is 2.35 bits per heavy atom. The molecule has 0 saturated heterocycles. The lowest BCUT2D eigenvalue weighted by atomic mass is 10.2. The van der Waals surface area contributed by atoms with Crippen LogP contribution in [0.3, 0.4) is 0 Å². The van der Waals surface area contributed by atoms with Crippen LogP contribution in [0.2, 0.25) is 5.02 Å². The highest BCUT2D eigenvalue weighted by Crippen LogP contribution is 2.28. The summed E-state index contributed by atoms with van der Waals surface area (Å²) in [5, 5.41) is 0.505. The van der Waals surface area contributed by atoms with E-state index in [1.165, 1.54) is 16.4 Å². The zero-order valence-corrected chi connectivity index (χ0v) is 13.3. The van der Waals surface area contributed by atoms with Gasteiger partial charge < -0.3 is 5.73 Å². The molecule has 7 heteroatoms. The van der Waals surface area contributed by atoms with Crippen molar-refractivity contribution in [2.75, 3.05) is 6.54 Å². The normalized spacial score (nSPS) is 16.7. The number of rotatable bonds is 5. The van der Waals surface area contributed by atoms with Gasteiger partial charge in [0.15, 0.2) is 0 Å². The van der Waals surface area contributed by atoms with Gasteiger partial charge in [-0.2, -0.15) is 4.31 Å². The smallest absolute Gasteiger partial charge is 0.243 e. The van der Waals surface area contributed by atoms with Gasteiger partial charge in [-0.3, -0.25) is 0 Å². The molecule has 4 nitrogen and oxygen atoms in total. The molecule has 0 bridgehead atoms. The zero-order valence-electron chi connectivity index (χ0n) is 11.0. The number of benzene rings is 1. The number of nitrogens with two attached hydrogens (primary N) is 1. The van der Waals surface area contributed by atoms with Gasteiger partial charge in [-0.15, -0.1) is 0 Å². The monoisotopic (exact) mass is 332 g/mol. The number of nitrogens with zero attached hydrogens (tertiary/aromatic N) is 1. The fourth-order valence-corrected chi connectivity index (χ4v) is 4.51. The highest BCUT2D eigenvalue weighted by atomic mass is 35.5. The lowest BCUT2D eigenvalue weighted by Crippen LogP contribution is -2.43. The Kier molecular flexibility index (Phi) is 5.01. The Hall–Kier alpha value is -0.690. The molecule has 1 aromatic rings. The maximum Gasteiger partial charge on any atom is 0.243 e. The summed E-state index contributed by atoms with van der Waals surface area (Å²) in [6, 6.07) is 6.15. The topological polar surface area (TPSA) is 63.4 Å². The van der Waals surface area contributed by atoms with E-state index < -0.39 is 10.0 Å². The number of hydrogen-bond acceptors (Lipinski definition) is 3. The van der Waals surface area contributed by atoms with E-state index in [4.69, 9.17) is 29.6 Å². The first kappa shape index (κ1) is 15.7. The van der Waals surface area contributed by atoms with E-state index in [1.54, 1.807) is 12.1 Å². The average Bonchev–Trinajstić information content (AvgIpc) is 2.89. The summed E-state index contributed by atoms with van der Waals surface area (Å²) in [6.45, 7) is 0.0883. The van der Waals surface area contributed by atoms with Crippen molar-refractivity contribution in [1.29, 1.82) is 0 Å². The molecule has 20 heavy (non-hydrogen) atoms. The van der Waals surface area contributed by atoms with E-state index >= 15 is 0 Å². The molecule has 2 rings (SSSR count). The van der Waals surface area contributed by atoms with E-state index in [1.807, 2.05) is 0 Å². The van der Waals surface area contributed by atoms with Crippen LogP contribution in [0.5, 0.6) is 0 Å². The van der Waals surface area contributed by atoms with Crippen molar-refractivity contribution in [3.8, 4) is 0 Å². The first-order chi connectivity index (χ1) is 9.41. The lowest BCUT2D eigenvalue weighted by Gasteiger charge is -2.27. The molecule has 2 N–H and O–H groups in total. The van der Waals surface area contributed by atoms with Crippen LogP contribution in [0.1, 0.15) is 25.7 Å². The highest BCUT2D eigenvalue weighted by molar-refractivity contribution is 7.89. The summed E-state index contributed by atoms with van der Waals surface area (Å²) in [6.07, 6.45) is 3.79. The molecule has 1 aliphatic carbocycles. The summed E-state index contributed by atoms with van der Waals surface area (Å²) in [7, 11) is -3.59. The molecule has 0 aromatic heterocycles. The summed E-state index contributed by atoms with van der Waals surface area (Å²) in [4.78, 5) is 0.416. The Morgan fingerprint density at radius 1 is 1.30 bits per heavy atom. The number of thiocarbonyl (C=S) groups is 1. The van der Waals surface area contributed by atoms with Crippen LogP contribution < -0.4 is 5.73 Å². The number of halogens is 1. The molecule has 1 saturated carbocycles. The van der Waals surface area contributed by atoms with Gasteiger partial charge in [-0.05, 0) is 37.1 Å². The van der Waals surface area contributed by atoms with Gasteiger partial charge >= 0.3 is 0 Å². The van der Waals surface area contributed by atoms with Crippen LogP contribution in [-0.4, -0.2) is 30.3 Å². The third-order valence-corrected chi connectivity index (χ3v) is 5.76. The van der Waals surface area contributed by atoms with Gasteiger partial charge in [0, 0.05) is 11.1 Å². The second-order valence-corrected chi connectivity index (χ2v) is 7.76. The van der Waals surface area contributed by atoms with Gasteiger partial charge in [0.2, 0.25) is 10.0 Å². The van der Waals surface area contributed by atoms with Crippen LogP contribution in [0.15, 0.2) is 29.2 Å². The molecule has 0 heterocycles. The van der Waals surface area contributed by atoms with Gasteiger partial charge in [0.05, 0.1) is 16.4 Å². The van der Waals surface area contributed by atoms with Gasteiger partial charge in [-0.1, -0.05) is 36.7 Å². The fourth-order valence-electron chi connectivity index (χ4n) is 2.50. The van der Waals surface area contributed by atoms with Crippen molar-refractivity contribution in [1.82, 2.24) is 4.31 Å². The molecule has 0 spiro atoms. The largest absolute Gasteiger partial charge is 0.392 e. The average molecular weight is 333 g/mol. The molecule has 0 unspecified atom stereocenters. The number of sulfonamides is 1. The molecule has 1 aromatic carbocycles. The maximum absolute atomic E-state index is 12.7. The van der Waals surface area contributed by atoms with Crippen LogP contribution in [0.25, 0.3) is 0 Å². The summed E-state index contributed by atoms with van der Waals surface area (Å²) < 4.78 is 26.9. The Labute approximate surface area is 130 Å². The van der Waals surface area contributed by atoms with Gasteiger partial charge in [0.1, 0.15) is 0 Å². The van der Waals surface area contributed by atoms with Crippen molar-refractivity contribution in [3.63, 3.8) is 0 Å². The molecule has 0 amide bonds. The van der Waals surface area contributed by atoms with Crippen LogP contribution in [0, 0.1) is 0 Å². The Bertz CT molecular complexity index is 581. The SMILES string of the molecule is NC(=S)CN(C1CCCC1)S(=O)(=O)c1ccc(Cl)cc1. The lowest BCUT2D eigenvalue weighted by molar-refractivity contribution is 0.355. The minimum Gasteiger partial charge on any atom is -0.392 e. The van der Waals surface area contributed by atoms with Crippen molar-refractivity contribution >= 4 is 38.8 Å². The molecule has 1 aliphatic rings. The second kappa shape index (κ2) is 6.39. The molecular formula is C13H17ClN2O2S2. The summed E-state index contributed by atoms with van der Waals surface area (Å²) in [5.74, 6) is 0. The quantitative estimate of drug-likeness (QED) is 0.842. The van der Waals surface area contributed by atoms with Gasteiger partial charge in [0.25, 0.3) is 0 Å². The molecular weight excluding hydrogens is 316 g/mol. The molecule has 0 atom stereocenters. The van der Waals surface area contributed by atoms with Crippen molar-refractivity contribution < 1.29 is 8.42 Å². The molecule has 0 aliphatic heterocycles. The predicted molar refractivity (Wildman–Crippen MR) is 84.4 cm³/mol. The minimum absolute atomic E-state index is 0.0165. The highest BCUT2D eigenvalue weighted by Gasteiger charge is 2.33.